The monoisotopic (exact) mass is 502 g/mol. The third-order valence-electron chi connectivity index (χ3n) is 4.86. The lowest BCUT2D eigenvalue weighted by Crippen LogP contribution is -2.23. The molecule has 0 saturated heterocycles. The predicted octanol–water partition coefficient (Wildman–Crippen LogP) is 7.34. The lowest BCUT2D eigenvalue weighted by Gasteiger charge is -2.21. The van der Waals surface area contributed by atoms with E-state index in [2.05, 4.69) is 6.58 Å². The number of rotatable bonds is 9. The summed E-state index contributed by atoms with van der Waals surface area (Å²) < 4.78 is 36.7. The highest BCUT2D eigenvalue weighted by atomic mass is 35.5. The van der Waals surface area contributed by atoms with Crippen LogP contribution in [0.2, 0.25) is 10.0 Å². The Balaban J connectivity index is 1.95. The summed E-state index contributed by atoms with van der Waals surface area (Å²) in [5.74, 6) is 0.454. The Morgan fingerprint density at radius 1 is 1.00 bits per heavy atom. The summed E-state index contributed by atoms with van der Waals surface area (Å²) in [4.78, 5) is 0.0741. The molecule has 0 saturated carbocycles. The van der Waals surface area contributed by atoms with Crippen LogP contribution in [0, 0.1) is 6.92 Å². The molecule has 0 aliphatic heterocycles. The highest BCUT2D eigenvalue weighted by Gasteiger charge is 2.22. The summed E-state index contributed by atoms with van der Waals surface area (Å²) in [6.07, 6.45) is 4.46. The zero-order valence-corrected chi connectivity index (χ0v) is 20.6. The minimum absolute atomic E-state index is 0.0741. The van der Waals surface area contributed by atoms with Gasteiger partial charge in [-0.1, -0.05) is 77.8 Å². The van der Waals surface area contributed by atoms with Crippen LogP contribution in [0.15, 0.2) is 84.3 Å². The Hall–Kier alpha value is -2.57. The minimum Gasteiger partial charge on any atom is -0.483 e. The molecule has 1 atom stereocenters. The molecule has 172 valence electrons. The van der Waals surface area contributed by atoms with Crippen molar-refractivity contribution in [1.82, 2.24) is 0 Å². The third kappa shape index (κ3) is 6.06. The topological polar surface area (TPSA) is 52.6 Å². The van der Waals surface area contributed by atoms with Crippen LogP contribution < -0.4 is 4.74 Å². The van der Waals surface area contributed by atoms with Crippen molar-refractivity contribution < 1.29 is 17.3 Å². The molecule has 0 bridgehead atoms. The van der Waals surface area contributed by atoms with E-state index in [-0.39, 0.29) is 11.5 Å². The summed E-state index contributed by atoms with van der Waals surface area (Å²) >= 11 is 13.0. The van der Waals surface area contributed by atoms with Crippen LogP contribution >= 0.6 is 23.2 Å². The van der Waals surface area contributed by atoms with Gasteiger partial charge in [0.1, 0.15) is 18.5 Å². The molecule has 33 heavy (non-hydrogen) atoms. The van der Waals surface area contributed by atoms with E-state index in [0.717, 1.165) is 11.1 Å². The van der Waals surface area contributed by atoms with Gasteiger partial charge in [-0.3, -0.25) is 4.18 Å². The first-order valence-electron chi connectivity index (χ1n) is 10.2. The number of ether oxygens (including phenoxy) is 1. The van der Waals surface area contributed by atoms with Gasteiger partial charge in [0.2, 0.25) is 0 Å². The van der Waals surface area contributed by atoms with E-state index in [0.29, 0.717) is 26.9 Å². The normalized spacial score (nSPS) is 12.6. The Labute approximate surface area is 205 Å². The molecule has 0 aromatic heterocycles. The first-order chi connectivity index (χ1) is 15.8. The molecule has 0 unspecified atom stereocenters. The minimum atomic E-state index is -3.96. The van der Waals surface area contributed by atoms with E-state index >= 15 is 0 Å². The second-order valence-electron chi connectivity index (χ2n) is 7.26. The molecule has 4 nitrogen and oxygen atoms in total. The van der Waals surface area contributed by atoms with Crippen molar-refractivity contribution in [3.05, 3.63) is 101 Å². The predicted molar refractivity (Wildman–Crippen MR) is 136 cm³/mol. The molecule has 3 rings (SSSR count). The summed E-state index contributed by atoms with van der Waals surface area (Å²) in [6, 6.07) is 17.3. The first-order valence-corrected chi connectivity index (χ1v) is 12.4. The van der Waals surface area contributed by atoms with E-state index in [1.165, 1.54) is 18.2 Å². The fraction of sp³-hybridized carbons (Fsp3) is 0.154. The number of hydrogen-bond donors (Lipinski definition) is 0. The van der Waals surface area contributed by atoms with Crippen molar-refractivity contribution in [2.24, 2.45) is 0 Å². The number of aryl methyl sites for hydroxylation is 1. The number of halogens is 2. The van der Waals surface area contributed by atoms with Crippen LogP contribution in [-0.4, -0.2) is 21.1 Å². The molecule has 0 aliphatic carbocycles. The zero-order chi connectivity index (χ0) is 24.0. The fourth-order valence-electron chi connectivity index (χ4n) is 3.16. The van der Waals surface area contributed by atoms with Gasteiger partial charge in [-0.05, 0) is 50.3 Å². The smallest absolute Gasteiger partial charge is 0.297 e. The summed E-state index contributed by atoms with van der Waals surface area (Å²) in [6.45, 7) is 7.29. The molecule has 3 aromatic carbocycles. The lowest BCUT2D eigenvalue weighted by atomic mass is 10.0. The van der Waals surface area contributed by atoms with E-state index in [9.17, 15) is 8.42 Å². The van der Waals surface area contributed by atoms with Crippen LogP contribution in [0.3, 0.4) is 0 Å². The van der Waals surface area contributed by atoms with Gasteiger partial charge in [0.05, 0.1) is 9.92 Å². The standard InChI is InChI=1S/C26H24Cl2O4S/c1-4-8-19-13-16-24(28)25(22-9-6-7-10-23(22)27)26(19)32-20(5-2)17-31-33(29,30)21-14-11-18(3)12-15-21/h4-16,20H,2,17H2,1,3H3/t20-/m0/s1. The molecule has 0 radical (unpaired) electrons. The Morgan fingerprint density at radius 2 is 1.70 bits per heavy atom. The Morgan fingerprint density at radius 3 is 2.33 bits per heavy atom. The molecular formula is C26H24Cl2O4S. The first kappa shape index (κ1) is 25.1. The van der Waals surface area contributed by atoms with Gasteiger partial charge in [-0.15, -0.1) is 0 Å². The molecule has 3 aromatic rings. The van der Waals surface area contributed by atoms with Gasteiger partial charge in [-0.2, -0.15) is 8.42 Å². The van der Waals surface area contributed by atoms with Gasteiger partial charge < -0.3 is 4.74 Å². The zero-order valence-electron chi connectivity index (χ0n) is 18.3. The van der Waals surface area contributed by atoms with Crippen molar-refractivity contribution in [2.45, 2.75) is 24.8 Å². The van der Waals surface area contributed by atoms with Crippen molar-refractivity contribution in [3.63, 3.8) is 0 Å². The maximum Gasteiger partial charge on any atom is 0.297 e. The molecule has 0 heterocycles. The SMILES string of the molecule is C=C[C@@H](COS(=O)(=O)c1ccc(C)cc1)Oc1c(C=CC)ccc(Cl)c1-c1ccccc1Cl. The highest BCUT2D eigenvalue weighted by molar-refractivity contribution is 7.86. The van der Waals surface area contributed by atoms with E-state index in [4.69, 9.17) is 32.1 Å². The molecule has 0 amide bonds. The number of hydrogen-bond acceptors (Lipinski definition) is 4. The van der Waals surface area contributed by atoms with Crippen molar-refractivity contribution in [3.8, 4) is 16.9 Å². The number of allylic oxidation sites excluding steroid dienone is 1. The third-order valence-corrected chi connectivity index (χ3v) is 6.80. The van der Waals surface area contributed by atoms with Gasteiger partial charge in [-0.25, -0.2) is 0 Å². The maximum atomic E-state index is 12.6. The van der Waals surface area contributed by atoms with Gasteiger partial charge in [0, 0.05) is 21.7 Å². The largest absolute Gasteiger partial charge is 0.483 e. The molecule has 0 fully saturated rings. The van der Waals surface area contributed by atoms with Crippen LogP contribution in [0.1, 0.15) is 18.1 Å². The molecule has 0 spiro atoms. The second kappa shape index (κ2) is 11.0. The van der Waals surface area contributed by atoms with Crippen LogP contribution in [-0.2, 0) is 14.3 Å². The van der Waals surface area contributed by atoms with Gasteiger partial charge in [0.25, 0.3) is 10.1 Å². The lowest BCUT2D eigenvalue weighted by molar-refractivity contribution is 0.168. The molecular weight excluding hydrogens is 479 g/mol. The summed E-state index contributed by atoms with van der Waals surface area (Å²) in [5.41, 5.74) is 3.00. The van der Waals surface area contributed by atoms with Crippen LogP contribution in [0.5, 0.6) is 5.75 Å². The van der Waals surface area contributed by atoms with Gasteiger partial charge in [0.15, 0.2) is 0 Å². The van der Waals surface area contributed by atoms with Gasteiger partial charge >= 0.3 is 0 Å². The van der Waals surface area contributed by atoms with Crippen molar-refractivity contribution in [2.75, 3.05) is 6.61 Å². The molecule has 7 heteroatoms. The van der Waals surface area contributed by atoms with E-state index in [1.54, 1.807) is 24.3 Å². The molecule has 0 N–H and O–H groups in total. The maximum absolute atomic E-state index is 12.6. The summed E-state index contributed by atoms with van der Waals surface area (Å²) in [5, 5.41) is 0.956. The van der Waals surface area contributed by atoms with E-state index < -0.39 is 16.2 Å². The van der Waals surface area contributed by atoms with Crippen LogP contribution in [0.4, 0.5) is 0 Å². The average molecular weight is 503 g/mol. The summed E-state index contributed by atoms with van der Waals surface area (Å²) in [7, 11) is -3.96. The quantitative estimate of drug-likeness (QED) is 0.226. The Kier molecular flexibility index (Phi) is 8.38. The van der Waals surface area contributed by atoms with Crippen molar-refractivity contribution in [1.29, 1.82) is 0 Å². The Bertz CT molecular complexity index is 1270. The number of benzene rings is 3. The van der Waals surface area contributed by atoms with E-state index in [1.807, 2.05) is 50.3 Å². The van der Waals surface area contributed by atoms with Crippen molar-refractivity contribution >= 4 is 39.4 Å². The molecule has 0 aliphatic rings. The fourth-order valence-corrected chi connectivity index (χ4v) is 4.56. The van der Waals surface area contributed by atoms with Crippen LogP contribution in [0.25, 0.3) is 17.2 Å². The highest BCUT2D eigenvalue weighted by Crippen LogP contribution is 2.43. The average Bonchev–Trinajstić information content (AvgIpc) is 2.79. The second-order valence-corrected chi connectivity index (χ2v) is 9.69.